The number of nitrogens with zero attached hydrogens (tertiary/aromatic N) is 2. The second-order valence-corrected chi connectivity index (χ2v) is 12.6. The summed E-state index contributed by atoms with van der Waals surface area (Å²) in [6.45, 7) is 5.70. The molecule has 0 aromatic heterocycles. The molecule has 8 nitrogen and oxygen atoms in total. The molecule has 1 N–H and O–H groups in total. The quantitative estimate of drug-likeness (QED) is 0.228. The van der Waals surface area contributed by atoms with E-state index >= 15 is 0 Å². The standard InChI is InChI=1S/C29H32BrCl2N3O5S/c1-4-27(29(37)33-5-2)34(18-20-7-16-25(31)26(32)17-20)28(36)19-35(22-10-12-23(13-11-22)40-6-3)41(38,39)24-14-8-21(30)9-15-24/h7-17,27H,4-6,18-19H2,1-3H3,(H,33,37)/t27-/m0/s1. The fourth-order valence-electron chi connectivity index (χ4n) is 4.18. The number of hydrogen-bond donors (Lipinski definition) is 1. The van der Waals surface area contributed by atoms with Crippen LogP contribution >= 0.6 is 39.1 Å². The fourth-order valence-corrected chi connectivity index (χ4v) is 6.18. The van der Waals surface area contributed by atoms with Crippen LogP contribution in [0.15, 0.2) is 76.1 Å². The zero-order valence-corrected chi connectivity index (χ0v) is 26.9. The number of benzene rings is 3. The Hall–Kier alpha value is -2.79. The molecule has 220 valence electrons. The Balaban J connectivity index is 2.07. The van der Waals surface area contributed by atoms with Gasteiger partial charge in [-0.05, 0) is 86.5 Å². The van der Waals surface area contributed by atoms with E-state index in [0.717, 1.165) is 4.31 Å². The summed E-state index contributed by atoms with van der Waals surface area (Å²) in [4.78, 5) is 28.5. The van der Waals surface area contributed by atoms with Crippen LogP contribution in [0.25, 0.3) is 0 Å². The molecular formula is C29H32BrCl2N3O5S. The van der Waals surface area contributed by atoms with Gasteiger partial charge < -0.3 is 15.0 Å². The van der Waals surface area contributed by atoms with Gasteiger partial charge in [-0.1, -0.05) is 52.1 Å². The molecule has 0 aliphatic carbocycles. The van der Waals surface area contributed by atoms with Crippen molar-refractivity contribution in [3.8, 4) is 5.75 Å². The number of carbonyl (C=O) groups is 2. The van der Waals surface area contributed by atoms with Crippen molar-refractivity contribution in [1.29, 1.82) is 0 Å². The SMILES string of the molecule is CCNC(=O)[C@H](CC)N(Cc1ccc(Cl)c(Cl)c1)C(=O)CN(c1ccc(OCC)cc1)S(=O)(=O)c1ccc(Br)cc1. The van der Waals surface area contributed by atoms with E-state index in [2.05, 4.69) is 21.2 Å². The predicted molar refractivity (Wildman–Crippen MR) is 166 cm³/mol. The van der Waals surface area contributed by atoms with E-state index in [1.165, 1.54) is 17.0 Å². The molecule has 0 heterocycles. The Morgan fingerprint density at radius 1 is 0.951 bits per heavy atom. The van der Waals surface area contributed by atoms with Gasteiger partial charge in [0.15, 0.2) is 0 Å². The van der Waals surface area contributed by atoms with Crippen LogP contribution in [0.1, 0.15) is 32.8 Å². The minimum absolute atomic E-state index is 0.00850. The molecule has 0 spiro atoms. The highest BCUT2D eigenvalue weighted by Gasteiger charge is 2.33. The van der Waals surface area contributed by atoms with Gasteiger partial charge in [0.05, 0.1) is 27.2 Å². The molecule has 0 fully saturated rings. The van der Waals surface area contributed by atoms with E-state index in [4.69, 9.17) is 27.9 Å². The minimum Gasteiger partial charge on any atom is -0.494 e. The molecule has 41 heavy (non-hydrogen) atoms. The van der Waals surface area contributed by atoms with Crippen molar-refractivity contribution in [3.05, 3.63) is 86.8 Å². The summed E-state index contributed by atoms with van der Waals surface area (Å²) >= 11 is 15.6. The third-order valence-electron chi connectivity index (χ3n) is 6.19. The van der Waals surface area contributed by atoms with Crippen molar-refractivity contribution in [2.45, 2.75) is 44.7 Å². The van der Waals surface area contributed by atoms with Gasteiger partial charge in [0, 0.05) is 17.6 Å². The smallest absolute Gasteiger partial charge is 0.264 e. The van der Waals surface area contributed by atoms with Crippen LogP contribution in [0.4, 0.5) is 5.69 Å². The van der Waals surface area contributed by atoms with Crippen molar-refractivity contribution >= 4 is 66.7 Å². The van der Waals surface area contributed by atoms with E-state index in [-0.39, 0.29) is 23.0 Å². The summed E-state index contributed by atoms with van der Waals surface area (Å²) in [6, 6.07) is 16.7. The van der Waals surface area contributed by atoms with E-state index in [9.17, 15) is 18.0 Å². The largest absolute Gasteiger partial charge is 0.494 e. The van der Waals surface area contributed by atoms with Crippen LogP contribution in [-0.2, 0) is 26.2 Å². The highest BCUT2D eigenvalue weighted by atomic mass is 79.9. The van der Waals surface area contributed by atoms with Crippen molar-refractivity contribution < 1.29 is 22.7 Å². The monoisotopic (exact) mass is 683 g/mol. The van der Waals surface area contributed by atoms with Crippen LogP contribution < -0.4 is 14.4 Å². The maximum absolute atomic E-state index is 14.0. The first-order chi connectivity index (χ1) is 19.5. The molecule has 0 saturated heterocycles. The molecule has 12 heteroatoms. The van der Waals surface area contributed by atoms with Crippen LogP contribution in [0.5, 0.6) is 5.75 Å². The summed E-state index contributed by atoms with van der Waals surface area (Å²) in [7, 11) is -4.19. The number of sulfonamides is 1. The van der Waals surface area contributed by atoms with Gasteiger partial charge in [-0.15, -0.1) is 0 Å². The van der Waals surface area contributed by atoms with E-state index in [1.54, 1.807) is 68.4 Å². The molecule has 2 amide bonds. The topological polar surface area (TPSA) is 96.0 Å². The number of likely N-dealkylation sites (N-methyl/N-ethyl adjacent to an activating group) is 1. The summed E-state index contributed by atoms with van der Waals surface area (Å²) < 4.78 is 35.1. The molecule has 0 radical (unpaired) electrons. The highest BCUT2D eigenvalue weighted by Crippen LogP contribution is 2.28. The Bertz CT molecular complexity index is 1450. The molecule has 0 saturated carbocycles. The number of ether oxygens (including phenoxy) is 1. The van der Waals surface area contributed by atoms with Gasteiger partial charge in [0.25, 0.3) is 10.0 Å². The maximum Gasteiger partial charge on any atom is 0.264 e. The second kappa shape index (κ2) is 14.9. The lowest BCUT2D eigenvalue weighted by atomic mass is 10.1. The maximum atomic E-state index is 14.0. The molecule has 3 aromatic carbocycles. The average molecular weight is 685 g/mol. The molecule has 0 aliphatic heterocycles. The van der Waals surface area contributed by atoms with Gasteiger partial charge in [-0.25, -0.2) is 8.42 Å². The molecule has 0 unspecified atom stereocenters. The van der Waals surface area contributed by atoms with Crippen molar-refractivity contribution in [2.75, 3.05) is 24.0 Å². The van der Waals surface area contributed by atoms with Gasteiger partial charge in [0.2, 0.25) is 11.8 Å². The third kappa shape index (κ3) is 8.38. The van der Waals surface area contributed by atoms with Crippen molar-refractivity contribution in [3.63, 3.8) is 0 Å². The first-order valence-corrected chi connectivity index (χ1v) is 16.0. The van der Waals surface area contributed by atoms with E-state index in [1.807, 2.05) is 6.92 Å². The minimum atomic E-state index is -4.19. The number of amides is 2. The Kier molecular flexibility index (Phi) is 11.9. The molecule has 3 aromatic rings. The molecule has 1 atom stereocenters. The summed E-state index contributed by atoms with van der Waals surface area (Å²) in [6.07, 6.45) is 0.307. The zero-order chi connectivity index (χ0) is 30.2. The van der Waals surface area contributed by atoms with Gasteiger partial charge in [-0.3, -0.25) is 13.9 Å². The Morgan fingerprint density at radius 3 is 2.17 bits per heavy atom. The van der Waals surface area contributed by atoms with Crippen molar-refractivity contribution in [2.24, 2.45) is 0 Å². The van der Waals surface area contributed by atoms with E-state index < -0.39 is 28.5 Å². The van der Waals surface area contributed by atoms with Crippen LogP contribution in [0.3, 0.4) is 0 Å². The molecule has 0 aliphatic rings. The number of hydrogen-bond acceptors (Lipinski definition) is 5. The average Bonchev–Trinajstić information content (AvgIpc) is 2.94. The Morgan fingerprint density at radius 2 is 1.61 bits per heavy atom. The van der Waals surface area contributed by atoms with Gasteiger partial charge >= 0.3 is 0 Å². The van der Waals surface area contributed by atoms with Crippen LogP contribution in [0.2, 0.25) is 10.0 Å². The number of carbonyl (C=O) groups excluding carboxylic acids is 2. The number of anilines is 1. The van der Waals surface area contributed by atoms with Crippen LogP contribution in [-0.4, -0.2) is 50.9 Å². The first-order valence-electron chi connectivity index (χ1n) is 13.0. The predicted octanol–water partition coefficient (Wildman–Crippen LogP) is 6.29. The number of rotatable bonds is 13. The lowest BCUT2D eigenvalue weighted by Gasteiger charge is -2.33. The fraction of sp³-hybridized carbons (Fsp3) is 0.310. The first kappa shape index (κ1) is 32.7. The third-order valence-corrected chi connectivity index (χ3v) is 9.25. The lowest BCUT2D eigenvalue weighted by molar-refractivity contribution is -0.140. The Labute approximate surface area is 259 Å². The number of halogens is 3. The van der Waals surface area contributed by atoms with Gasteiger partial charge in [0.1, 0.15) is 18.3 Å². The van der Waals surface area contributed by atoms with Crippen molar-refractivity contribution in [1.82, 2.24) is 10.2 Å². The molecule has 0 bridgehead atoms. The summed E-state index contributed by atoms with van der Waals surface area (Å²) in [5.74, 6) is -0.345. The second-order valence-electron chi connectivity index (χ2n) is 8.98. The molecular weight excluding hydrogens is 653 g/mol. The lowest BCUT2D eigenvalue weighted by Crippen LogP contribution is -2.52. The number of nitrogens with one attached hydrogen (secondary N) is 1. The van der Waals surface area contributed by atoms with E-state index in [0.29, 0.717) is 45.4 Å². The summed E-state index contributed by atoms with van der Waals surface area (Å²) in [5, 5.41) is 3.43. The molecule has 3 rings (SSSR count). The normalized spacial score (nSPS) is 12.0. The summed E-state index contributed by atoms with van der Waals surface area (Å²) in [5.41, 5.74) is 0.907. The van der Waals surface area contributed by atoms with Gasteiger partial charge in [-0.2, -0.15) is 0 Å². The van der Waals surface area contributed by atoms with Crippen LogP contribution in [0, 0.1) is 0 Å². The zero-order valence-electron chi connectivity index (χ0n) is 22.9. The highest BCUT2D eigenvalue weighted by molar-refractivity contribution is 9.10.